The van der Waals surface area contributed by atoms with Crippen molar-refractivity contribution in [3.63, 3.8) is 0 Å². The molecule has 2 heterocycles. The van der Waals surface area contributed by atoms with Gasteiger partial charge in [0.05, 0.1) is 12.0 Å². The minimum absolute atomic E-state index is 0.0913. The van der Waals surface area contributed by atoms with Crippen molar-refractivity contribution in [2.45, 2.75) is 51.0 Å². The maximum Gasteiger partial charge on any atom is 0.312 e. The summed E-state index contributed by atoms with van der Waals surface area (Å²) in [5, 5.41) is 2.33. The minimum Gasteiger partial charge on any atom is -0.352 e. The van der Waals surface area contributed by atoms with Crippen LogP contribution >= 0.6 is 0 Å². The third-order valence-electron chi connectivity index (χ3n) is 5.65. The first kappa shape index (κ1) is 16.1. The molecular weight excluding hydrogens is 296 g/mol. The molecule has 1 atom stereocenters. The zero-order valence-electron chi connectivity index (χ0n) is 13.6. The van der Waals surface area contributed by atoms with Crippen LogP contribution in [0, 0.1) is 5.41 Å². The number of likely N-dealkylation sites (tertiary alicyclic amines) is 2. The Morgan fingerprint density at radius 2 is 1.91 bits per heavy atom. The summed E-state index contributed by atoms with van der Waals surface area (Å²) in [4.78, 5) is 39.7. The van der Waals surface area contributed by atoms with E-state index in [9.17, 15) is 14.4 Å². The number of primary amides is 1. The number of nitrogens with zero attached hydrogens (tertiary/aromatic N) is 2. The fraction of sp³-hybridized carbons (Fsp3) is 0.812. The Morgan fingerprint density at radius 3 is 2.61 bits per heavy atom. The summed E-state index contributed by atoms with van der Waals surface area (Å²) < 4.78 is 0. The molecule has 1 spiro atoms. The average molecular weight is 322 g/mol. The summed E-state index contributed by atoms with van der Waals surface area (Å²) in [5.41, 5.74) is 4.60. The van der Waals surface area contributed by atoms with Crippen LogP contribution in [0.15, 0.2) is 0 Å². The number of carbonyl (C=O) groups is 3. The van der Waals surface area contributed by atoms with E-state index in [-0.39, 0.29) is 18.4 Å². The van der Waals surface area contributed by atoms with Crippen molar-refractivity contribution in [2.75, 3.05) is 26.2 Å². The van der Waals surface area contributed by atoms with Crippen LogP contribution < -0.4 is 11.1 Å². The van der Waals surface area contributed by atoms with Crippen LogP contribution in [0.5, 0.6) is 0 Å². The Kier molecular flexibility index (Phi) is 4.46. The van der Waals surface area contributed by atoms with Crippen LogP contribution in [-0.4, -0.2) is 59.9 Å². The van der Waals surface area contributed by atoms with Crippen molar-refractivity contribution in [1.29, 1.82) is 0 Å². The number of hydrogen-bond donors (Lipinski definition) is 2. The van der Waals surface area contributed by atoms with Crippen LogP contribution in [-0.2, 0) is 9.59 Å². The van der Waals surface area contributed by atoms with Gasteiger partial charge in [-0.1, -0.05) is 12.8 Å². The molecule has 3 fully saturated rings. The predicted molar refractivity (Wildman–Crippen MR) is 84.4 cm³/mol. The first-order valence-corrected chi connectivity index (χ1v) is 8.64. The van der Waals surface area contributed by atoms with Gasteiger partial charge in [0, 0.05) is 25.7 Å². The zero-order valence-corrected chi connectivity index (χ0v) is 13.6. The molecule has 128 valence electrons. The molecule has 3 aliphatic rings. The van der Waals surface area contributed by atoms with Gasteiger partial charge in [0.2, 0.25) is 11.8 Å². The van der Waals surface area contributed by atoms with Crippen molar-refractivity contribution < 1.29 is 14.4 Å². The van der Waals surface area contributed by atoms with Gasteiger partial charge in [0.1, 0.15) is 0 Å². The summed E-state index contributed by atoms with van der Waals surface area (Å²) >= 11 is 0. The van der Waals surface area contributed by atoms with Crippen LogP contribution in [0.4, 0.5) is 4.79 Å². The Labute approximate surface area is 136 Å². The van der Waals surface area contributed by atoms with Crippen LogP contribution in [0.1, 0.15) is 44.9 Å². The smallest absolute Gasteiger partial charge is 0.312 e. The van der Waals surface area contributed by atoms with Crippen molar-refractivity contribution in [1.82, 2.24) is 15.1 Å². The monoisotopic (exact) mass is 322 g/mol. The molecule has 3 rings (SSSR count). The number of nitrogens with two attached hydrogens (primary N) is 1. The van der Waals surface area contributed by atoms with Crippen LogP contribution in [0.25, 0.3) is 0 Å². The molecule has 7 heteroatoms. The highest BCUT2D eigenvalue weighted by molar-refractivity contribution is 5.87. The lowest BCUT2D eigenvalue weighted by molar-refractivity contribution is -0.148. The molecule has 1 aliphatic carbocycles. The Bertz CT molecular complexity index is 504. The second kappa shape index (κ2) is 6.37. The largest absolute Gasteiger partial charge is 0.352 e. The highest BCUT2D eigenvalue weighted by Gasteiger charge is 2.50. The molecule has 2 aliphatic heterocycles. The van der Waals surface area contributed by atoms with E-state index in [4.69, 9.17) is 5.73 Å². The molecule has 0 aromatic rings. The Morgan fingerprint density at radius 1 is 1.17 bits per heavy atom. The first-order valence-electron chi connectivity index (χ1n) is 8.64. The van der Waals surface area contributed by atoms with Gasteiger partial charge in [-0.25, -0.2) is 4.79 Å². The van der Waals surface area contributed by atoms with E-state index >= 15 is 0 Å². The number of amides is 4. The Balaban J connectivity index is 1.64. The first-order chi connectivity index (χ1) is 11.0. The standard InChI is InChI=1S/C16H26N4O3/c17-15(23)18-10-13(21)19-9-7-16(11-19)6-3-8-20(14(16)22)12-4-1-2-5-12/h12H,1-11H2,(H3,17,18,23)/t16-/m0/s1. The molecule has 0 bridgehead atoms. The molecule has 0 aromatic heterocycles. The third kappa shape index (κ3) is 3.14. The van der Waals surface area contributed by atoms with Gasteiger partial charge in [0.15, 0.2) is 0 Å². The maximum absolute atomic E-state index is 13.1. The van der Waals surface area contributed by atoms with E-state index in [0.29, 0.717) is 19.1 Å². The molecule has 7 nitrogen and oxygen atoms in total. The Hall–Kier alpha value is -1.79. The summed E-state index contributed by atoms with van der Waals surface area (Å²) in [6, 6.07) is -0.297. The van der Waals surface area contributed by atoms with Crippen molar-refractivity contribution in [2.24, 2.45) is 11.1 Å². The fourth-order valence-electron chi connectivity index (χ4n) is 4.40. The lowest BCUT2D eigenvalue weighted by Gasteiger charge is -2.42. The SMILES string of the molecule is NC(=O)NCC(=O)N1CC[C@@]2(CCCN(C3CCCC3)C2=O)C1. The van der Waals surface area contributed by atoms with Gasteiger partial charge >= 0.3 is 6.03 Å². The lowest BCUT2D eigenvalue weighted by atomic mass is 9.77. The predicted octanol–water partition coefficient (Wildman–Crippen LogP) is 0.438. The quantitative estimate of drug-likeness (QED) is 0.789. The van der Waals surface area contributed by atoms with Gasteiger partial charge in [0.25, 0.3) is 0 Å². The molecule has 4 amide bonds. The van der Waals surface area contributed by atoms with Gasteiger partial charge in [-0.3, -0.25) is 9.59 Å². The zero-order chi connectivity index (χ0) is 16.4. The average Bonchev–Trinajstić information content (AvgIpc) is 3.18. The minimum atomic E-state index is -0.701. The highest BCUT2D eigenvalue weighted by atomic mass is 16.2. The fourth-order valence-corrected chi connectivity index (χ4v) is 4.40. The number of hydrogen-bond acceptors (Lipinski definition) is 3. The summed E-state index contributed by atoms with van der Waals surface area (Å²) in [7, 11) is 0. The molecule has 0 radical (unpaired) electrons. The topological polar surface area (TPSA) is 95.7 Å². The van der Waals surface area contributed by atoms with Crippen molar-refractivity contribution in [3.8, 4) is 0 Å². The molecule has 1 saturated carbocycles. The van der Waals surface area contributed by atoms with Gasteiger partial charge in [-0.05, 0) is 32.1 Å². The van der Waals surface area contributed by atoms with Crippen molar-refractivity contribution in [3.05, 3.63) is 0 Å². The van der Waals surface area contributed by atoms with Crippen LogP contribution in [0.3, 0.4) is 0 Å². The van der Waals surface area contributed by atoms with Gasteiger partial charge in [-0.2, -0.15) is 0 Å². The van der Waals surface area contributed by atoms with E-state index in [1.807, 2.05) is 0 Å². The number of rotatable bonds is 3. The summed E-state index contributed by atoms with van der Waals surface area (Å²) in [6.07, 6.45) is 7.28. The lowest BCUT2D eigenvalue weighted by Crippen LogP contribution is -2.53. The molecule has 0 unspecified atom stereocenters. The highest BCUT2D eigenvalue weighted by Crippen LogP contribution is 2.42. The van der Waals surface area contributed by atoms with Crippen molar-refractivity contribution >= 4 is 17.8 Å². The normalized spacial score (nSPS) is 28.6. The van der Waals surface area contributed by atoms with E-state index in [1.165, 1.54) is 12.8 Å². The van der Waals surface area contributed by atoms with E-state index in [0.717, 1.165) is 38.6 Å². The summed E-state index contributed by atoms with van der Waals surface area (Å²) in [5.74, 6) is 0.0836. The maximum atomic E-state index is 13.1. The second-order valence-corrected chi connectivity index (χ2v) is 7.10. The van der Waals surface area contributed by atoms with Crippen LogP contribution in [0.2, 0.25) is 0 Å². The molecule has 3 N–H and O–H groups in total. The third-order valence-corrected chi connectivity index (χ3v) is 5.65. The molecule has 2 saturated heterocycles. The second-order valence-electron chi connectivity index (χ2n) is 7.10. The van der Waals surface area contributed by atoms with Gasteiger partial charge < -0.3 is 20.9 Å². The molecular formula is C16H26N4O3. The molecule has 23 heavy (non-hydrogen) atoms. The number of piperidine rings is 1. The number of nitrogens with one attached hydrogen (secondary N) is 1. The molecule has 0 aromatic carbocycles. The number of carbonyl (C=O) groups excluding carboxylic acids is 3. The summed E-state index contributed by atoms with van der Waals surface area (Å²) in [6.45, 7) is 1.84. The van der Waals surface area contributed by atoms with Gasteiger partial charge in [-0.15, -0.1) is 0 Å². The number of urea groups is 1. The van der Waals surface area contributed by atoms with E-state index < -0.39 is 11.4 Å². The van der Waals surface area contributed by atoms with E-state index in [1.54, 1.807) is 4.90 Å². The van der Waals surface area contributed by atoms with E-state index in [2.05, 4.69) is 10.2 Å².